The molecule has 0 aliphatic carbocycles. The predicted molar refractivity (Wildman–Crippen MR) is 78.5 cm³/mol. The normalized spacial score (nSPS) is 13.4. The molecule has 0 spiro atoms. The Labute approximate surface area is 125 Å². The smallest absolute Gasteiger partial charge is 0.461 e. The second-order valence-corrected chi connectivity index (χ2v) is 7.63. The van der Waals surface area contributed by atoms with Crippen LogP contribution in [-0.4, -0.2) is 25.6 Å². The summed E-state index contributed by atoms with van der Waals surface area (Å²) in [4.78, 5) is 11.6. The SMILES string of the molecule is CO[P+](=O)C(CCC(=O)OCc1ccccc1)[P+](=O)OC. The average molecular weight is 332 g/mol. The van der Waals surface area contributed by atoms with Crippen LogP contribution in [0.1, 0.15) is 18.4 Å². The molecule has 0 saturated carbocycles. The van der Waals surface area contributed by atoms with Crippen molar-refractivity contribution in [3.63, 3.8) is 0 Å². The highest BCUT2D eigenvalue weighted by atomic mass is 31.2. The summed E-state index contributed by atoms with van der Waals surface area (Å²) < 4.78 is 37.7. The molecule has 21 heavy (non-hydrogen) atoms. The molecule has 114 valence electrons. The lowest BCUT2D eigenvalue weighted by Crippen LogP contribution is -2.08. The molecular weight excluding hydrogens is 314 g/mol. The van der Waals surface area contributed by atoms with Crippen molar-refractivity contribution in [2.75, 3.05) is 14.2 Å². The molecule has 2 unspecified atom stereocenters. The minimum absolute atomic E-state index is 0.00632. The molecule has 0 radical (unpaired) electrons. The van der Waals surface area contributed by atoms with Gasteiger partial charge in [0.1, 0.15) is 6.61 Å². The van der Waals surface area contributed by atoms with E-state index < -0.39 is 27.4 Å². The highest BCUT2D eigenvalue weighted by Crippen LogP contribution is 2.47. The second-order valence-electron chi connectivity index (χ2n) is 4.10. The van der Waals surface area contributed by atoms with E-state index in [4.69, 9.17) is 13.8 Å². The van der Waals surface area contributed by atoms with Crippen LogP contribution >= 0.6 is 16.1 Å². The van der Waals surface area contributed by atoms with Gasteiger partial charge in [0.05, 0.1) is 27.1 Å². The summed E-state index contributed by atoms with van der Waals surface area (Å²) in [6.07, 6.45) is 0.131. The lowest BCUT2D eigenvalue weighted by atomic mass is 10.2. The van der Waals surface area contributed by atoms with E-state index in [2.05, 4.69) is 0 Å². The summed E-state index contributed by atoms with van der Waals surface area (Å²) >= 11 is 0. The fourth-order valence-corrected chi connectivity index (χ4v) is 3.94. The van der Waals surface area contributed by atoms with Crippen molar-refractivity contribution in [3.05, 3.63) is 35.9 Å². The molecule has 8 heteroatoms. The van der Waals surface area contributed by atoms with Crippen LogP contribution in [-0.2, 0) is 34.3 Å². The molecular formula is C13H18O6P2+2. The number of hydrogen-bond acceptors (Lipinski definition) is 6. The van der Waals surface area contributed by atoms with Crippen molar-refractivity contribution in [2.45, 2.75) is 24.8 Å². The number of esters is 1. The van der Waals surface area contributed by atoms with Crippen molar-refractivity contribution in [2.24, 2.45) is 0 Å². The molecule has 2 atom stereocenters. The first-order valence-electron chi connectivity index (χ1n) is 6.29. The Morgan fingerprint density at radius 1 is 1.10 bits per heavy atom. The van der Waals surface area contributed by atoms with Crippen molar-refractivity contribution < 1.29 is 27.7 Å². The molecule has 1 rings (SSSR count). The molecule has 1 aromatic rings. The largest absolute Gasteiger partial charge is 0.566 e. The Balaban J connectivity index is 2.43. The maximum absolute atomic E-state index is 11.6. The zero-order chi connectivity index (χ0) is 15.7. The van der Waals surface area contributed by atoms with E-state index in [0.29, 0.717) is 0 Å². The fourth-order valence-electron chi connectivity index (χ4n) is 1.59. The van der Waals surface area contributed by atoms with Gasteiger partial charge in [-0.15, -0.1) is 9.05 Å². The quantitative estimate of drug-likeness (QED) is 0.508. The number of hydrogen-bond donors (Lipinski definition) is 0. The zero-order valence-electron chi connectivity index (χ0n) is 11.9. The monoisotopic (exact) mass is 332 g/mol. The van der Waals surface area contributed by atoms with E-state index >= 15 is 0 Å². The lowest BCUT2D eigenvalue weighted by Gasteiger charge is -2.03. The summed E-state index contributed by atoms with van der Waals surface area (Å²) in [7, 11) is -1.75. The topological polar surface area (TPSA) is 78.9 Å². The van der Waals surface area contributed by atoms with Crippen LogP contribution in [0.5, 0.6) is 0 Å². The van der Waals surface area contributed by atoms with Gasteiger partial charge >= 0.3 is 27.4 Å². The Morgan fingerprint density at radius 2 is 1.67 bits per heavy atom. The van der Waals surface area contributed by atoms with Gasteiger partial charge in [-0.25, -0.2) is 0 Å². The van der Waals surface area contributed by atoms with E-state index in [1.807, 2.05) is 30.3 Å². The Morgan fingerprint density at radius 3 is 2.19 bits per heavy atom. The van der Waals surface area contributed by atoms with Gasteiger partial charge in [-0.2, -0.15) is 0 Å². The van der Waals surface area contributed by atoms with Crippen LogP contribution in [0.4, 0.5) is 0 Å². The first kappa shape index (κ1) is 17.9. The molecule has 0 N–H and O–H groups in total. The molecule has 0 aliphatic rings. The van der Waals surface area contributed by atoms with Gasteiger partial charge in [-0.1, -0.05) is 30.3 Å². The van der Waals surface area contributed by atoms with E-state index in [1.54, 1.807) is 0 Å². The Hall–Kier alpha value is -1.19. The van der Waals surface area contributed by atoms with Gasteiger partial charge in [-0.3, -0.25) is 4.79 Å². The minimum atomic E-state index is -2.14. The number of carbonyl (C=O) groups excluding carboxylic acids is 1. The molecule has 6 nitrogen and oxygen atoms in total. The molecule has 0 aromatic heterocycles. The number of benzene rings is 1. The van der Waals surface area contributed by atoms with Gasteiger partial charge < -0.3 is 4.74 Å². The van der Waals surface area contributed by atoms with Gasteiger partial charge in [-0.05, 0) is 14.7 Å². The van der Waals surface area contributed by atoms with Crippen LogP contribution in [0.2, 0.25) is 0 Å². The fraction of sp³-hybridized carbons (Fsp3) is 0.462. The number of rotatable bonds is 9. The van der Waals surface area contributed by atoms with Gasteiger partial charge in [0.2, 0.25) is 0 Å². The Bertz CT molecular complexity index is 475. The second kappa shape index (κ2) is 9.69. The van der Waals surface area contributed by atoms with Crippen molar-refractivity contribution in [1.29, 1.82) is 0 Å². The molecule has 1 aromatic carbocycles. The first-order chi connectivity index (χ1) is 10.1. The minimum Gasteiger partial charge on any atom is -0.461 e. The van der Waals surface area contributed by atoms with Crippen LogP contribution in [0.15, 0.2) is 30.3 Å². The summed E-state index contributed by atoms with van der Waals surface area (Å²) in [5.41, 5.74) is 0.883. The zero-order valence-corrected chi connectivity index (χ0v) is 13.7. The highest BCUT2D eigenvalue weighted by molar-refractivity contribution is 7.58. The van der Waals surface area contributed by atoms with Gasteiger partial charge in [0.25, 0.3) is 0 Å². The summed E-state index contributed by atoms with van der Waals surface area (Å²) in [6.45, 7) is 0.178. The van der Waals surface area contributed by atoms with E-state index in [1.165, 1.54) is 14.2 Å². The van der Waals surface area contributed by atoms with Crippen molar-refractivity contribution in [1.82, 2.24) is 0 Å². The van der Waals surface area contributed by atoms with Gasteiger partial charge in [0, 0.05) is 0 Å². The third-order valence-electron chi connectivity index (χ3n) is 2.70. The van der Waals surface area contributed by atoms with Crippen molar-refractivity contribution in [3.8, 4) is 0 Å². The van der Waals surface area contributed by atoms with Crippen LogP contribution in [0.3, 0.4) is 0 Å². The number of carbonyl (C=O) groups is 1. The number of ether oxygens (including phenoxy) is 1. The van der Waals surface area contributed by atoms with Gasteiger partial charge in [0.15, 0.2) is 0 Å². The molecule has 0 fully saturated rings. The maximum atomic E-state index is 11.6. The van der Waals surface area contributed by atoms with E-state index in [9.17, 15) is 13.9 Å². The average Bonchev–Trinajstić information content (AvgIpc) is 2.53. The maximum Gasteiger partial charge on any atom is 0.566 e. The first-order valence-corrected chi connectivity index (χ1v) is 8.78. The molecule has 0 saturated heterocycles. The molecule has 0 bridgehead atoms. The third kappa shape index (κ3) is 6.40. The lowest BCUT2D eigenvalue weighted by molar-refractivity contribution is -0.145. The van der Waals surface area contributed by atoms with E-state index in [-0.39, 0.29) is 19.4 Å². The molecule has 0 heterocycles. The van der Waals surface area contributed by atoms with Crippen LogP contribution in [0, 0.1) is 0 Å². The van der Waals surface area contributed by atoms with Crippen molar-refractivity contribution >= 4 is 22.0 Å². The summed E-state index contributed by atoms with van der Waals surface area (Å²) in [5.74, 6) is -0.442. The third-order valence-corrected chi connectivity index (χ3v) is 6.04. The summed E-state index contributed by atoms with van der Waals surface area (Å²) in [5, 5.41) is -0.811. The van der Waals surface area contributed by atoms with E-state index in [0.717, 1.165) is 5.56 Å². The van der Waals surface area contributed by atoms with Crippen LogP contribution in [0.25, 0.3) is 0 Å². The molecule has 0 aliphatic heterocycles. The standard InChI is InChI=1S/C13H18O6P2/c1-17-20(15)13(21(16)18-2)9-8-12(14)19-10-11-6-4-3-5-7-11/h3-7,13H,8-10H2,1-2H3/q+2. The predicted octanol–water partition coefficient (Wildman–Crippen LogP) is 3.61. The van der Waals surface area contributed by atoms with Crippen LogP contribution < -0.4 is 0 Å². The Kier molecular flexibility index (Phi) is 8.24. The summed E-state index contributed by atoms with van der Waals surface area (Å²) in [6, 6.07) is 9.27. The molecule has 0 amide bonds. The highest BCUT2D eigenvalue weighted by Gasteiger charge is 2.50.